The lowest BCUT2D eigenvalue weighted by molar-refractivity contribution is 0.0871. The van der Waals surface area contributed by atoms with Crippen LogP contribution in [0.25, 0.3) is 0 Å². The van der Waals surface area contributed by atoms with E-state index in [1.165, 1.54) is 0 Å². The molecule has 3 rings (SSSR count). The fourth-order valence-electron chi connectivity index (χ4n) is 2.55. The summed E-state index contributed by atoms with van der Waals surface area (Å²) in [6.45, 7) is 1.85. The van der Waals surface area contributed by atoms with Crippen LogP contribution >= 0.6 is 15.9 Å². The maximum absolute atomic E-state index is 12.7. The summed E-state index contributed by atoms with van der Waals surface area (Å²) in [7, 11) is 0. The fraction of sp³-hybridized carbons (Fsp3) is 0.125. The molecule has 2 aromatic rings. The highest BCUT2D eigenvalue weighted by Gasteiger charge is 2.52. The molecule has 0 fully saturated rings. The molecular weight excluding hydrogens is 304 g/mol. The van der Waals surface area contributed by atoms with Crippen molar-refractivity contribution in [1.29, 1.82) is 0 Å². The normalized spacial score (nSPS) is 21.6. The van der Waals surface area contributed by atoms with Gasteiger partial charge >= 0.3 is 0 Å². The van der Waals surface area contributed by atoms with E-state index in [9.17, 15) is 9.59 Å². The Labute approximate surface area is 119 Å². The summed E-state index contributed by atoms with van der Waals surface area (Å²) in [6.07, 6.45) is 0. The van der Waals surface area contributed by atoms with Crippen molar-refractivity contribution in [3.63, 3.8) is 0 Å². The number of Topliss-reactive ketones (excluding diaryl/α,β-unsaturated/α-hetero) is 2. The Morgan fingerprint density at radius 2 is 1.58 bits per heavy atom. The number of fused-ring (bicyclic) bond motifs is 1. The third-order valence-corrected chi connectivity index (χ3v) is 4.72. The summed E-state index contributed by atoms with van der Waals surface area (Å²) in [4.78, 5) is 25.3. The fourth-order valence-corrected chi connectivity index (χ4v) is 3.23. The van der Waals surface area contributed by atoms with E-state index in [0.29, 0.717) is 16.7 Å². The Hall–Kier alpha value is -1.74. The molecule has 0 aromatic heterocycles. The molecule has 94 valence electrons. The zero-order valence-corrected chi connectivity index (χ0v) is 11.9. The molecule has 0 amide bonds. The third kappa shape index (κ3) is 1.55. The molecule has 2 nitrogen and oxygen atoms in total. The van der Waals surface area contributed by atoms with Crippen molar-refractivity contribution >= 4 is 27.5 Å². The highest BCUT2D eigenvalue weighted by Crippen LogP contribution is 2.45. The molecule has 0 heterocycles. The Balaban J connectivity index is 2.26. The number of ketones is 2. The van der Waals surface area contributed by atoms with Crippen LogP contribution in [0.1, 0.15) is 31.8 Å². The number of carbonyl (C=O) groups excluding carboxylic acids is 2. The smallest absolute Gasteiger partial charge is 0.192 e. The number of halogens is 1. The lowest BCUT2D eigenvalue weighted by Gasteiger charge is -2.18. The lowest BCUT2D eigenvalue weighted by atomic mass is 9.94. The highest BCUT2D eigenvalue weighted by molar-refractivity contribution is 9.10. The van der Waals surface area contributed by atoms with Gasteiger partial charge in [-0.05, 0) is 18.1 Å². The molecular formula is C16H11BrO2. The largest absolute Gasteiger partial charge is 0.292 e. The van der Waals surface area contributed by atoms with Gasteiger partial charge in [0, 0.05) is 11.1 Å². The summed E-state index contributed by atoms with van der Waals surface area (Å²) in [6, 6.07) is 14.5. The minimum Gasteiger partial charge on any atom is -0.292 e. The Morgan fingerprint density at radius 3 is 2.21 bits per heavy atom. The van der Waals surface area contributed by atoms with E-state index in [-0.39, 0.29) is 11.6 Å². The van der Waals surface area contributed by atoms with Crippen molar-refractivity contribution in [2.75, 3.05) is 0 Å². The minimum absolute atomic E-state index is 0.170. The molecule has 1 atom stereocenters. The molecule has 0 aliphatic heterocycles. The van der Waals surface area contributed by atoms with Gasteiger partial charge in [-0.15, -0.1) is 0 Å². The van der Waals surface area contributed by atoms with Crippen molar-refractivity contribution in [3.05, 3.63) is 70.8 Å². The Kier molecular flexibility index (Phi) is 2.68. The first-order chi connectivity index (χ1) is 9.06. The first-order valence-corrected chi connectivity index (χ1v) is 6.79. The first-order valence-electron chi connectivity index (χ1n) is 6.00. The van der Waals surface area contributed by atoms with Crippen LogP contribution in [-0.4, -0.2) is 11.6 Å². The van der Waals surface area contributed by atoms with Gasteiger partial charge in [0.05, 0.1) is 0 Å². The molecule has 0 saturated heterocycles. The second kappa shape index (κ2) is 4.14. The molecule has 0 saturated carbocycles. The van der Waals surface area contributed by atoms with E-state index in [4.69, 9.17) is 0 Å². The van der Waals surface area contributed by atoms with Crippen LogP contribution in [0.4, 0.5) is 0 Å². The molecule has 0 radical (unpaired) electrons. The number of aryl methyl sites for hydroxylation is 1. The summed E-state index contributed by atoms with van der Waals surface area (Å²) in [5.74, 6) is -0.348. The van der Waals surface area contributed by atoms with E-state index in [1.807, 2.05) is 37.3 Å². The maximum atomic E-state index is 12.7. The maximum Gasteiger partial charge on any atom is 0.192 e. The SMILES string of the molecule is Cc1cccc2c1C(=O)C(Br)(c1ccccc1)C2=O. The number of alkyl halides is 1. The molecule has 1 aliphatic carbocycles. The average molecular weight is 315 g/mol. The molecule has 2 aromatic carbocycles. The van der Waals surface area contributed by atoms with Gasteiger partial charge in [-0.2, -0.15) is 0 Å². The predicted octanol–water partition coefficient (Wildman–Crippen LogP) is 3.66. The van der Waals surface area contributed by atoms with E-state index >= 15 is 0 Å². The number of carbonyl (C=O) groups is 2. The van der Waals surface area contributed by atoms with Crippen molar-refractivity contribution in [3.8, 4) is 0 Å². The molecule has 0 bridgehead atoms. The monoisotopic (exact) mass is 314 g/mol. The predicted molar refractivity (Wildman–Crippen MR) is 76.9 cm³/mol. The molecule has 1 unspecified atom stereocenters. The average Bonchev–Trinajstić information content (AvgIpc) is 2.64. The van der Waals surface area contributed by atoms with Crippen LogP contribution in [0.3, 0.4) is 0 Å². The van der Waals surface area contributed by atoms with Gasteiger partial charge in [-0.1, -0.05) is 64.5 Å². The Morgan fingerprint density at radius 1 is 0.895 bits per heavy atom. The van der Waals surface area contributed by atoms with Crippen molar-refractivity contribution < 1.29 is 9.59 Å². The summed E-state index contributed by atoms with van der Waals surface area (Å²) in [5.41, 5.74) is 2.56. The van der Waals surface area contributed by atoms with Crippen molar-refractivity contribution in [1.82, 2.24) is 0 Å². The van der Waals surface area contributed by atoms with E-state index in [1.54, 1.807) is 18.2 Å². The van der Waals surface area contributed by atoms with Crippen molar-refractivity contribution in [2.24, 2.45) is 0 Å². The molecule has 3 heteroatoms. The summed E-state index contributed by atoms with van der Waals surface area (Å²) >= 11 is 3.40. The topological polar surface area (TPSA) is 34.1 Å². The zero-order chi connectivity index (χ0) is 13.6. The van der Waals surface area contributed by atoms with E-state index in [2.05, 4.69) is 15.9 Å². The van der Waals surface area contributed by atoms with Crippen LogP contribution in [-0.2, 0) is 4.32 Å². The van der Waals surface area contributed by atoms with Crippen molar-refractivity contribution in [2.45, 2.75) is 11.2 Å². The van der Waals surface area contributed by atoms with Gasteiger partial charge in [0.1, 0.15) is 0 Å². The molecule has 1 aliphatic rings. The number of rotatable bonds is 1. The first kappa shape index (κ1) is 12.3. The van der Waals surface area contributed by atoms with E-state index in [0.717, 1.165) is 5.56 Å². The number of benzene rings is 2. The standard InChI is InChI=1S/C16H11BrO2/c1-10-6-5-9-12-13(10)15(19)16(17,14(12)18)11-7-3-2-4-8-11/h2-9H,1H3. The van der Waals surface area contributed by atoms with Crippen LogP contribution in [0.2, 0.25) is 0 Å². The van der Waals surface area contributed by atoms with E-state index < -0.39 is 4.32 Å². The highest BCUT2D eigenvalue weighted by atomic mass is 79.9. The van der Waals surface area contributed by atoms with Gasteiger partial charge in [0.15, 0.2) is 15.9 Å². The minimum atomic E-state index is -1.26. The van der Waals surface area contributed by atoms with Gasteiger partial charge in [0.25, 0.3) is 0 Å². The van der Waals surface area contributed by atoms with Crippen LogP contribution in [0.15, 0.2) is 48.5 Å². The summed E-state index contributed by atoms with van der Waals surface area (Å²) < 4.78 is -1.26. The van der Waals surface area contributed by atoms with Crippen LogP contribution < -0.4 is 0 Å². The lowest BCUT2D eigenvalue weighted by Crippen LogP contribution is -2.31. The third-order valence-electron chi connectivity index (χ3n) is 3.54. The Bertz CT molecular complexity index is 691. The zero-order valence-electron chi connectivity index (χ0n) is 10.3. The molecule has 0 spiro atoms. The van der Waals surface area contributed by atoms with Crippen LogP contribution in [0.5, 0.6) is 0 Å². The van der Waals surface area contributed by atoms with Crippen LogP contribution in [0, 0.1) is 6.92 Å². The van der Waals surface area contributed by atoms with Gasteiger partial charge < -0.3 is 0 Å². The second-order valence-corrected chi connectivity index (χ2v) is 5.87. The van der Waals surface area contributed by atoms with Gasteiger partial charge in [0.2, 0.25) is 0 Å². The van der Waals surface area contributed by atoms with Gasteiger partial charge in [-0.25, -0.2) is 0 Å². The summed E-state index contributed by atoms with van der Waals surface area (Å²) in [5, 5.41) is 0. The number of hydrogen-bond acceptors (Lipinski definition) is 2. The number of hydrogen-bond donors (Lipinski definition) is 0. The molecule has 19 heavy (non-hydrogen) atoms. The second-order valence-electron chi connectivity index (χ2n) is 4.68. The van der Waals surface area contributed by atoms with Gasteiger partial charge in [-0.3, -0.25) is 9.59 Å². The quantitative estimate of drug-likeness (QED) is 0.594. The molecule has 0 N–H and O–H groups in total.